The number of anilines is 1. The molecular weight excluding hydrogens is 268 g/mol. The molecule has 112 valence electrons. The van der Waals surface area contributed by atoms with Gasteiger partial charge in [0, 0.05) is 30.1 Å². The molecule has 0 aliphatic carbocycles. The van der Waals surface area contributed by atoms with E-state index in [1.165, 1.54) is 4.68 Å². The molecule has 0 fully saturated rings. The van der Waals surface area contributed by atoms with Crippen molar-refractivity contribution in [3.63, 3.8) is 0 Å². The van der Waals surface area contributed by atoms with Crippen LogP contribution in [0.3, 0.4) is 0 Å². The van der Waals surface area contributed by atoms with Gasteiger partial charge in [-0.05, 0) is 25.5 Å². The maximum Gasteiger partial charge on any atom is 0.290 e. The maximum atomic E-state index is 12.2. The number of rotatable bonds is 5. The Morgan fingerprint density at radius 2 is 2.05 bits per heavy atom. The molecule has 0 aromatic carbocycles. The van der Waals surface area contributed by atoms with Crippen molar-refractivity contribution in [1.82, 2.24) is 14.8 Å². The van der Waals surface area contributed by atoms with E-state index in [9.17, 15) is 9.90 Å². The van der Waals surface area contributed by atoms with Gasteiger partial charge in [0.15, 0.2) is 0 Å². The quantitative estimate of drug-likeness (QED) is 0.874. The van der Waals surface area contributed by atoms with Crippen molar-refractivity contribution in [3.8, 4) is 11.3 Å². The van der Waals surface area contributed by atoms with E-state index in [4.69, 9.17) is 5.73 Å². The molecule has 0 saturated heterocycles. The van der Waals surface area contributed by atoms with Crippen LogP contribution < -0.4 is 11.3 Å². The van der Waals surface area contributed by atoms with Crippen LogP contribution in [0.15, 0.2) is 29.3 Å². The van der Waals surface area contributed by atoms with E-state index in [0.717, 1.165) is 18.4 Å². The molecule has 0 radical (unpaired) electrons. The van der Waals surface area contributed by atoms with Gasteiger partial charge in [-0.15, -0.1) is 0 Å². The molecule has 6 nitrogen and oxygen atoms in total. The van der Waals surface area contributed by atoms with Crippen LogP contribution in [0.5, 0.6) is 0 Å². The van der Waals surface area contributed by atoms with Crippen LogP contribution >= 0.6 is 0 Å². The highest BCUT2D eigenvalue weighted by molar-refractivity contribution is 5.68. The van der Waals surface area contributed by atoms with Gasteiger partial charge in [-0.25, -0.2) is 4.68 Å². The Bertz CT molecular complexity index is 665. The van der Waals surface area contributed by atoms with E-state index in [1.54, 1.807) is 31.5 Å². The third-order valence-corrected chi connectivity index (χ3v) is 3.33. The summed E-state index contributed by atoms with van der Waals surface area (Å²) in [6.07, 6.45) is 4.21. The van der Waals surface area contributed by atoms with Crippen LogP contribution in [0.1, 0.15) is 38.4 Å². The van der Waals surface area contributed by atoms with Crippen molar-refractivity contribution in [2.24, 2.45) is 0 Å². The second kappa shape index (κ2) is 6.49. The molecule has 21 heavy (non-hydrogen) atoms. The molecule has 1 unspecified atom stereocenters. The zero-order valence-corrected chi connectivity index (χ0v) is 12.3. The highest BCUT2D eigenvalue weighted by Gasteiger charge is 2.19. The average Bonchev–Trinajstić information content (AvgIpc) is 2.49. The Morgan fingerprint density at radius 3 is 2.62 bits per heavy atom. The van der Waals surface area contributed by atoms with Crippen LogP contribution in [0.25, 0.3) is 11.3 Å². The summed E-state index contributed by atoms with van der Waals surface area (Å²) in [6.45, 7) is 4.13. The minimum Gasteiger partial charge on any atom is -0.394 e. The lowest BCUT2D eigenvalue weighted by atomic mass is 10.0. The van der Waals surface area contributed by atoms with Gasteiger partial charge < -0.3 is 10.8 Å². The van der Waals surface area contributed by atoms with Crippen molar-refractivity contribution in [1.29, 1.82) is 0 Å². The monoisotopic (exact) mass is 288 g/mol. The highest BCUT2D eigenvalue weighted by atomic mass is 16.3. The van der Waals surface area contributed by atoms with Crippen molar-refractivity contribution in [2.75, 3.05) is 5.73 Å². The number of aromatic nitrogens is 3. The van der Waals surface area contributed by atoms with Crippen LogP contribution in [0, 0.1) is 0 Å². The molecule has 3 N–H and O–H groups in total. The van der Waals surface area contributed by atoms with Gasteiger partial charge >= 0.3 is 0 Å². The Hall–Kier alpha value is -2.21. The van der Waals surface area contributed by atoms with Gasteiger partial charge in [-0.1, -0.05) is 13.3 Å². The molecule has 2 aromatic rings. The Balaban J connectivity index is 2.66. The van der Waals surface area contributed by atoms with Crippen LogP contribution in [-0.4, -0.2) is 19.9 Å². The normalized spacial score (nSPS) is 12.3. The number of aryl methyl sites for hydroxylation is 1. The summed E-state index contributed by atoms with van der Waals surface area (Å²) in [7, 11) is 0. The lowest BCUT2D eigenvalue weighted by Crippen LogP contribution is -2.28. The first kappa shape index (κ1) is 15.2. The molecule has 0 spiro atoms. The summed E-state index contributed by atoms with van der Waals surface area (Å²) < 4.78 is 1.38. The van der Waals surface area contributed by atoms with Gasteiger partial charge in [-0.3, -0.25) is 9.78 Å². The first-order valence-corrected chi connectivity index (χ1v) is 7.05. The molecular formula is C15H20N4O2. The zero-order chi connectivity index (χ0) is 15.4. The van der Waals surface area contributed by atoms with Crippen LogP contribution in [0.2, 0.25) is 0 Å². The lowest BCUT2D eigenvalue weighted by molar-refractivity contribution is 0.199. The summed E-state index contributed by atoms with van der Waals surface area (Å²) >= 11 is 0. The standard InChI is InChI=1S/C15H20N4O2/c1-3-4-9-19-15(21)13(16)12(10(2)20)14(18-19)11-5-7-17-8-6-11/h5-8,10,20H,3-4,9,16H2,1-2H3. The number of aliphatic hydroxyl groups is 1. The first-order valence-electron chi connectivity index (χ1n) is 7.05. The minimum absolute atomic E-state index is 0.0583. The SMILES string of the molecule is CCCCn1nc(-c2ccncc2)c(C(C)O)c(N)c1=O. The predicted molar refractivity (Wildman–Crippen MR) is 81.7 cm³/mol. The third-order valence-electron chi connectivity index (χ3n) is 3.33. The van der Waals surface area contributed by atoms with Gasteiger partial charge in [0.25, 0.3) is 5.56 Å². The van der Waals surface area contributed by atoms with Crippen LogP contribution in [-0.2, 0) is 6.54 Å². The summed E-state index contributed by atoms with van der Waals surface area (Å²) in [6, 6.07) is 3.56. The number of nitrogens with zero attached hydrogens (tertiary/aromatic N) is 3. The Labute approximate surface area is 123 Å². The van der Waals surface area contributed by atoms with Gasteiger partial charge in [-0.2, -0.15) is 5.10 Å². The van der Waals surface area contributed by atoms with Gasteiger partial charge in [0.1, 0.15) is 5.69 Å². The van der Waals surface area contributed by atoms with Crippen molar-refractivity contribution >= 4 is 5.69 Å². The van der Waals surface area contributed by atoms with E-state index >= 15 is 0 Å². The molecule has 1 atom stereocenters. The van der Waals surface area contributed by atoms with E-state index in [-0.39, 0.29) is 11.2 Å². The fourth-order valence-corrected chi connectivity index (χ4v) is 2.21. The Morgan fingerprint density at radius 1 is 1.38 bits per heavy atom. The largest absolute Gasteiger partial charge is 0.394 e. The second-order valence-electron chi connectivity index (χ2n) is 4.97. The van der Waals surface area contributed by atoms with E-state index in [1.807, 2.05) is 6.92 Å². The molecule has 0 aliphatic heterocycles. The zero-order valence-electron chi connectivity index (χ0n) is 12.3. The van der Waals surface area contributed by atoms with Crippen LogP contribution in [0.4, 0.5) is 5.69 Å². The van der Waals surface area contributed by atoms with E-state index in [2.05, 4.69) is 10.1 Å². The molecule has 6 heteroatoms. The first-order chi connectivity index (χ1) is 10.1. The van der Waals surface area contributed by atoms with E-state index in [0.29, 0.717) is 17.8 Å². The predicted octanol–water partition coefficient (Wildman–Crippen LogP) is 1.74. The van der Waals surface area contributed by atoms with Crippen molar-refractivity contribution < 1.29 is 5.11 Å². The molecule has 0 aliphatic rings. The van der Waals surface area contributed by atoms with Crippen molar-refractivity contribution in [3.05, 3.63) is 40.4 Å². The number of hydrogen-bond acceptors (Lipinski definition) is 5. The second-order valence-corrected chi connectivity index (χ2v) is 4.97. The summed E-state index contributed by atoms with van der Waals surface area (Å²) in [5.74, 6) is 0. The smallest absolute Gasteiger partial charge is 0.290 e. The van der Waals surface area contributed by atoms with Crippen molar-refractivity contribution in [2.45, 2.75) is 39.3 Å². The molecule has 2 aromatic heterocycles. The minimum atomic E-state index is -0.866. The molecule has 0 bridgehead atoms. The summed E-state index contributed by atoms with van der Waals surface area (Å²) in [5, 5.41) is 14.4. The number of unbranched alkanes of at least 4 members (excludes halogenated alkanes) is 1. The fraction of sp³-hybridized carbons (Fsp3) is 0.400. The van der Waals surface area contributed by atoms with E-state index < -0.39 is 6.10 Å². The molecule has 0 saturated carbocycles. The molecule has 0 amide bonds. The third kappa shape index (κ3) is 3.11. The number of hydrogen-bond donors (Lipinski definition) is 2. The molecule has 2 rings (SSSR count). The van der Waals surface area contributed by atoms with Gasteiger partial charge in [0.2, 0.25) is 0 Å². The Kier molecular flexibility index (Phi) is 4.70. The number of nitrogen functional groups attached to an aromatic ring is 1. The average molecular weight is 288 g/mol. The lowest BCUT2D eigenvalue weighted by Gasteiger charge is -2.16. The van der Waals surface area contributed by atoms with Gasteiger partial charge in [0.05, 0.1) is 11.8 Å². The fourth-order valence-electron chi connectivity index (χ4n) is 2.21. The number of nitrogens with two attached hydrogens (primary N) is 1. The highest BCUT2D eigenvalue weighted by Crippen LogP contribution is 2.28. The number of aliphatic hydroxyl groups excluding tert-OH is 1. The number of pyridine rings is 1. The maximum absolute atomic E-state index is 12.2. The summed E-state index contributed by atoms with van der Waals surface area (Å²) in [4.78, 5) is 16.2. The molecule has 2 heterocycles. The topological polar surface area (TPSA) is 94.0 Å². The summed E-state index contributed by atoms with van der Waals surface area (Å²) in [5.41, 5.74) is 7.33.